The molecule has 0 spiro atoms. The first-order valence-electron chi connectivity index (χ1n) is 7.51. The van der Waals surface area contributed by atoms with Crippen LogP contribution in [0.1, 0.15) is 64.0 Å². The number of benzene rings is 1. The predicted molar refractivity (Wildman–Crippen MR) is 84.4 cm³/mol. The lowest BCUT2D eigenvalue weighted by atomic mass is 9.97. The highest BCUT2D eigenvalue weighted by molar-refractivity contribution is 5.24. The molecule has 0 saturated carbocycles. The summed E-state index contributed by atoms with van der Waals surface area (Å²) < 4.78 is 0. The van der Waals surface area contributed by atoms with Crippen molar-refractivity contribution in [2.75, 3.05) is 6.54 Å². The third kappa shape index (κ3) is 6.74. The zero-order valence-electron chi connectivity index (χ0n) is 13.0. The van der Waals surface area contributed by atoms with Gasteiger partial charge in [0.25, 0.3) is 0 Å². The van der Waals surface area contributed by atoms with Crippen LogP contribution < -0.4 is 11.1 Å². The molecular formula is C17H30N2. The predicted octanol–water partition coefficient (Wildman–Crippen LogP) is 3.81. The summed E-state index contributed by atoms with van der Waals surface area (Å²) in [6, 6.07) is 8.99. The lowest BCUT2D eigenvalue weighted by Gasteiger charge is -2.18. The fraction of sp³-hybridized carbons (Fsp3) is 0.647. The lowest BCUT2D eigenvalue weighted by Crippen LogP contribution is -2.32. The van der Waals surface area contributed by atoms with Gasteiger partial charge in [-0.25, -0.2) is 0 Å². The molecule has 0 aliphatic rings. The van der Waals surface area contributed by atoms with Gasteiger partial charge in [-0.2, -0.15) is 0 Å². The van der Waals surface area contributed by atoms with Gasteiger partial charge in [-0.1, -0.05) is 38.1 Å². The van der Waals surface area contributed by atoms with Gasteiger partial charge in [-0.3, -0.25) is 0 Å². The van der Waals surface area contributed by atoms with Crippen LogP contribution in [-0.4, -0.2) is 12.1 Å². The van der Waals surface area contributed by atoms with E-state index in [1.807, 2.05) is 0 Å². The normalized spacial score (nSPS) is 13.5. The van der Waals surface area contributed by atoms with Crippen LogP contribution in [0.4, 0.5) is 0 Å². The van der Waals surface area contributed by atoms with Crippen LogP contribution in [0.25, 0.3) is 0 Å². The number of rotatable bonds is 8. The van der Waals surface area contributed by atoms with E-state index in [4.69, 9.17) is 5.73 Å². The fourth-order valence-electron chi connectivity index (χ4n) is 2.10. The number of hydrogen-bond acceptors (Lipinski definition) is 2. The molecule has 0 fully saturated rings. The minimum Gasteiger partial charge on any atom is -0.326 e. The molecule has 0 heterocycles. The lowest BCUT2D eigenvalue weighted by molar-refractivity contribution is 0.448. The van der Waals surface area contributed by atoms with Crippen LogP contribution in [0.15, 0.2) is 24.3 Å². The zero-order valence-corrected chi connectivity index (χ0v) is 13.0. The molecule has 1 unspecified atom stereocenters. The van der Waals surface area contributed by atoms with Crippen LogP contribution in [0, 0.1) is 0 Å². The third-order valence-electron chi connectivity index (χ3n) is 3.66. The Labute approximate surface area is 118 Å². The largest absolute Gasteiger partial charge is 0.326 e. The molecule has 1 rings (SSSR count). The van der Waals surface area contributed by atoms with Crippen molar-refractivity contribution in [2.24, 2.45) is 5.73 Å². The van der Waals surface area contributed by atoms with E-state index < -0.39 is 0 Å². The first-order chi connectivity index (χ1) is 8.92. The smallest absolute Gasteiger partial charge is 0.0205 e. The van der Waals surface area contributed by atoms with Gasteiger partial charge < -0.3 is 11.1 Å². The van der Waals surface area contributed by atoms with Gasteiger partial charge in [-0.15, -0.1) is 0 Å². The summed E-state index contributed by atoms with van der Waals surface area (Å²) in [6.45, 7) is 10.7. The second-order valence-corrected chi connectivity index (χ2v) is 6.32. The van der Waals surface area contributed by atoms with E-state index in [0.717, 1.165) is 25.9 Å². The zero-order chi connectivity index (χ0) is 14.3. The maximum absolute atomic E-state index is 5.96. The van der Waals surface area contributed by atoms with Gasteiger partial charge in [0.1, 0.15) is 0 Å². The number of hydrogen-bond donors (Lipinski definition) is 2. The summed E-state index contributed by atoms with van der Waals surface area (Å²) in [5, 5.41) is 3.48. The highest BCUT2D eigenvalue weighted by atomic mass is 14.8. The van der Waals surface area contributed by atoms with Crippen LogP contribution in [0.3, 0.4) is 0 Å². The highest BCUT2D eigenvalue weighted by Gasteiger charge is 2.08. The van der Waals surface area contributed by atoms with E-state index in [2.05, 4.69) is 57.3 Å². The second-order valence-electron chi connectivity index (χ2n) is 6.32. The minimum atomic E-state index is -0.0420. The van der Waals surface area contributed by atoms with Gasteiger partial charge >= 0.3 is 0 Å². The van der Waals surface area contributed by atoms with Crippen molar-refractivity contribution in [3.8, 4) is 0 Å². The van der Waals surface area contributed by atoms with Gasteiger partial charge in [-0.05, 0) is 56.7 Å². The molecule has 2 nitrogen and oxygen atoms in total. The maximum atomic E-state index is 5.96. The summed E-state index contributed by atoms with van der Waals surface area (Å²) in [7, 11) is 0. The van der Waals surface area contributed by atoms with Crippen molar-refractivity contribution < 1.29 is 0 Å². The second kappa shape index (κ2) is 7.66. The molecule has 0 aliphatic carbocycles. The Balaban J connectivity index is 2.27. The highest BCUT2D eigenvalue weighted by Crippen LogP contribution is 2.18. The minimum absolute atomic E-state index is 0.0420. The van der Waals surface area contributed by atoms with Crippen LogP contribution in [0.2, 0.25) is 0 Å². The Kier molecular flexibility index (Phi) is 6.53. The molecule has 1 atom stereocenters. The van der Waals surface area contributed by atoms with Gasteiger partial charge in [0, 0.05) is 12.1 Å². The molecule has 0 amide bonds. The van der Waals surface area contributed by atoms with Crippen LogP contribution >= 0.6 is 0 Å². The average molecular weight is 262 g/mol. The standard InChI is InChI=1S/C17H30N2/c1-5-14(2)16-9-7-15(8-10-16)13-19-12-6-11-17(3,4)18/h7-10,14,19H,5-6,11-13,18H2,1-4H3. The first kappa shape index (κ1) is 16.2. The summed E-state index contributed by atoms with van der Waals surface area (Å²) >= 11 is 0. The SMILES string of the molecule is CCC(C)c1ccc(CNCCCC(C)(C)N)cc1. The fourth-order valence-corrected chi connectivity index (χ4v) is 2.10. The Bertz CT molecular complexity index is 349. The molecule has 0 radical (unpaired) electrons. The molecule has 0 aliphatic heterocycles. The molecule has 2 heteroatoms. The van der Waals surface area contributed by atoms with E-state index in [1.54, 1.807) is 0 Å². The molecule has 0 bridgehead atoms. The van der Waals surface area contributed by atoms with Gasteiger partial charge in [0.15, 0.2) is 0 Å². The van der Waals surface area contributed by atoms with Crippen molar-refractivity contribution in [2.45, 2.75) is 65.0 Å². The van der Waals surface area contributed by atoms with Crippen molar-refractivity contribution in [3.05, 3.63) is 35.4 Å². The summed E-state index contributed by atoms with van der Waals surface area (Å²) in [5.41, 5.74) is 8.72. The van der Waals surface area contributed by atoms with Crippen molar-refractivity contribution in [1.29, 1.82) is 0 Å². The first-order valence-corrected chi connectivity index (χ1v) is 7.51. The van der Waals surface area contributed by atoms with E-state index in [9.17, 15) is 0 Å². The Morgan fingerprint density at radius 2 is 1.84 bits per heavy atom. The van der Waals surface area contributed by atoms with Crippen molar-refractivity contribution in [3.63, 3.8) is 0 Å². The Hall–Kier alpha value is -0.860. The topological polar surface area (TPSA) is 38.0 Å². The van der Waals surface area contributed by atoms with Crippen LogP contribution in [0.5, 0.6) is 0 Å². The van der Waals surface area contributed by atoms with E-state index in [1.165, 1.54) is 17.5 Å². The molecule has 19 heavy (non-hydrogen) atoms. The van der Waals surface area contributed by atoms with Gasteiger partial charge in [0.2, 0.25) is 0 Å². The maximum Gasteiger partial charge on any atom is 0.0205 e. The van der Waals surface area contributed by atoms with Crippen molar-refractivity contribution >= 4 is 0 Å². The van der Waals surface area contributed by atoms with E-state index in [0.29, 0.717) is 5.92 Å². The van der Waals surface area contributed by atoms with Gasteiger partial charge in [0.05, 0.1) is 0 Å². The molecule has 108 valence electrons. The molecule has 0 saturated heterocycles. The summed E-state index contributed by atoms with van der Waals surface area (Å²) in [5.74, 6) is 0.661. The average Bonchev–Trinajstić information content (AvgIpc) is 2.37. The molecule has 0 aromatic heterocycles. The summed E-state index contributed by atoms with van der Waals surface area (Å²) in [6.07, 6.45) is 3.40. The van der Waals surface area contributed by atoms with Crippen LogP contribution in [-0.2, 0) is 6.54 Å². The quantitative estimate of drug-likeness (QED) is 0.699. The number of nitrogens with two attached hydrogens (primary N) is 1. The number of nitrogens with one attached hydrogen (secondary N) is 1. The molecule has 1 aromatic carbocycles. The summed E-state index contributed by atoms with van der Waals surface area (Å²) in [4.78, 5) is 0. The van der Waals surface area contributed by atoms with E-state index >= 15 is 0 Å². The van der Waals surface area contributed by atoms with E-state index in [-0.39, 0.29) is 5.54 Å². The Morgan fingerprint density at radius 1 is 1.21 bits per heavy atom. The molecule has 3 N–H and O–H groups in total. The molecular weight excluding hydrogens is 232 g/mol. The molecule has 1 aromatic rings. The monoisotopic (exact) mass is 262 g/mol. The third-order valence-corrected chi connectivity index (χ3v) is 3.66. The Morgan fingerprint density at radius 3 is 2.37 bits per heavy atom. The van der Waals surface area contributed by atoms with Crippen molar-refractivity contribution in [1.82, 2.24) is 5.32 Å².